The van der Waals surface area contributed by atoms with E-state index in [2.05, 4.69) is 15.3 Å². The van der Waals surface area contributed by atoms with Gasteiger partial charge in [-0.05, 0) is 18.2 Å². The maximum absolute atomic E-state index is 11.8. The van der Waals surface area contributed by atoms with Crippen molar-refractivity contribution in [3.05, 3.63) is 63.8 Å². The van der Waals surface area contributed by atoms with E-state index in [1.54, 1.807) is 0 Å². The number of carboxylic acid groups (broad SMARTS) is 1. The van der Waals surface area contributed by atoms with Gasteiger partial charge in [0.2, 0.25) is 5.56 Å². The average Bonchev–Trinajstić information content (AvgIpc) is 2.45. The Morgan fingerprint density at radius 3 is 2.75 bits per heavy atom. The Bertz CT molecular complexity index is 709. The van der Waals surface area contributed by atoms with Gasteiger partial charge in [0.25, 0.3) is 5.91 Å². The van der Waals surface area contributed by atoms with Crippen LogP contribution in [0.3, 0.4) is 0 Å². The first kappa shape index (κ1) is 13.5. The number of nitrogens with zero attached hydrogens (tertiary/aromatic N) is 1. The molecule has 0 bridgehead atoms. The molecule has 2 aromatic heterocycles. The molecule has 0 unspecified atom stereocenters. The van der Waals surface area contributed by atoms with Gasteiger partial charge in [-0.15, -0.1) is 0 Å². The number of aromatic carboxylic acids is 1. The molecular formula is C13H11N3O4. The molecular weight excluding hydrogens is 262 g/mol. The molecule has 0 aliphatic heterocycles. The maximum atomic E-state index is 11.8. The molecule has 102 valence electrons. The van der Waals surface area contributed by atoms with Gasteiger partial charge in [0.15, 0.2) is 0 Å². The summed E-state index contributed by atoms with van der Waals surface area (Å²) >= 11 is 0. The number of aromatic nitrogens is 2. The van der Waals surface area contributed by atoms with E-state index < -0.39 is 11.9 Å². The van der Waals surface area contributed by atoms with Crippen LogP contribution in [0, 0.1) is 0 Å². The molecule has 0 atom stereocenters. The van der Waals surface area contributed by atoms with Gasteiger partial charge in [-0.1, -0.05) is 0 Å². The van der Waals surface area contributed by atoms with Crippen LogP contribution < -0.4 is 10.9 Å². The van der Waals surface area contributed by atoms with Gasteiger partial charge in [0.1, 0.15) is 0 Å². The third kappa shape index (κ3) is 3.29. The molecule has 0 aliphatic carbocycles. The van der Waals surface area contributed by atoms with E-state index in [1.807, 2.05) is 0 Å². The first-order valence-electron chi connectivity index (χ1n) is 5.71. The van der Waals surface area contributed by atoms with Gasteiger partial charge >= 0.3 is 5.97 Å². The predicted octanol–water partition coefficient (Wildman–Crippen LogP) is 0.398. The molecule has 7 heteroatoms. The number of nitrogens with one attached hydrogen (secondary N) is 2. The number of amides is 1. The van der Waals surface area contributed by atoms with Crippen molar-refractivity contribution in [2.24, 2.45) is 0 Å². The summed E-state index contributed by atoms with van der Waals surface area (Å²) in [4.78, 5) is 40.0. The van der Waals surface area contributed by atoms with Crippen LogP contribution in [-0.2, 0) is 6.54 Å². The molecule has 0 fully saturated rings. The third-order valence-corrected chi connectivity index (χ3v) is 2.53. The largest absolute Gasteiger partial charge is 0.478 e. The average molecular weight is 273 g/mol. The van der Waals surface area contributed by atoms with Gasteiger partial charge in [-0.25, -0.2) is 4.79 Å². The lowest BCUT2D eigenvalue weighted by molar-refractivity contribution is 0.0696. The Kier molecular flexibility index (Phi) is 3.90. The summed E-state index contributed by atoms with van der Waals surface area (Å²) in [5.41, 5.74) is 0.371. The summed E-state index contributed by atoms with van der Waals surface area (Å²) in [5.74, 6) is -1.49. The van der Waals surface area contributed by atoms with Crippen LogP contribution in [0.15, 0.2) is 41.5 Å². The number of rotatable bonds is 4. The Morgan fingerprint density at radius 2 is 2.05 bits per heavy atom. The number of H-pyrrole nitrogens is 1. The fraction of sp³-hybridized carbons (Fsp3) is 0.0769. The van der Waals surface area contributed by atoms with Crippen molar-refractivity contribution in [1.29, 1.82) is 0 Å². The van der Waals surface area contributed by atoms with Crippen LogP contribution in [0.2, 0.25) is 0 Å². The lowest BCUT2D eigenvalue weighted by Gasteiger charge is -2.05. The predicted molar refractivity (Wildman–Crippen MR) is 69.4 cm³/mol. The summed E-state index contributed by atoms with van der Waals surface area (Å²) in [5, 5.41) is 11.4. The zero-order valence-corrected chi connectivity index (χ0v) is 10.3. The Labute approximate surface area is 113 Å². The monoisotopic (exact) mass is 273 g/mol. The summed E-state index contributed by atoms with van der Waals surface area (Å²) < 4.78 is 0. The van der Waals surface area contributed by atoms with Gasteiger partial charge in [0, 0.05) is 24.0 Å². The molecule has 20 heavy (non-hydrogen) atoms. The molecule has 0 saturated heterocycles. The van der Waals surface area contributed by atoms with Crippen molar-refractivity contribution in [3.8, 4) is 0 Å². The molecule has 2 aromatic rings. The van der Waals surface area contributed by atoms with Crippen LogP contribution in [0.4, 0.5) is 0 Å². The highest BCUT2D eigenvalue weighted by Gasteiger charge is 2.08. The van der Waals surface area contributed by atoms with E-state index in [0.29, 0.717) is 5.69 Å². The molecule has 2 heterocycles. The highest BCUT2D eigenvalue weighted by molar-refractivity contribution is 5.94. The molecule has 0 aliphatic rings. The summed E-state index contributed by atoms with van der Waals surface area (Å²) in [6.07, 6.45) is 2.73. The number of pyridine rings is 2. The second-order valence-corrected chi connectivity index (χ2v) is 3.97. The van der Waals surface area contributed by atoms with Crippen molar-refractivity contribution < 1.29 is 14.7 Å². The van der Waals surface area contributed by atoms with Crippen LogP contribution in [0.1, 0.15) is 26.4 Å². The minimum absolute atomic E-state index is 0.0761. The standard InChI is InChI=1S/C13H11N3O4/c17-11-6-8(1-4-15-11)12(18)16-7-10-5-9(13(19)20)2-3-14-10/h1-6H,7H2,(H,15,17)(H,16,18)(H,19,20). The van der Waals surface area contributed by atoms with Crippen LogP contribution in [0.25, 0.3) is 0 Å². The zero-order valence-electron chi connectivity index (χ0n) is 10.3. The smallest absolute Gasteiger partial charge is 0.335 e. The molecule has 0 saturated carbocycles. The first-order chi connectivity index (χ1) is 9.56. The fourth-order valence-corrected chi connectivity index (χ4v) is 1.57. The molecule has 1 amide bonds. The third-order valence-electron chi connectivity index (χ3n) is 2.53. The summed E-state index contributed by atoms with van der Waals surface area (Å²) in [6, 6.07) is 5.39. The highest BCUT2D eigenvalue weighted by atomic mass is 16.4. The minimum atomic E-state index is -1.06. The highest BCUT2D eigenvalue weighted by Crippen LogP contribution is 2.02. The quantitative estimate of drug-likeness (QED) is 0.746. The molecule has 3 N–H and O–H groups in total. The van der Waals surface area contributed by atoms with E-state index in [4.69, 9.17) is 5.11 Å². The topological polar surface area (TPSA) is 112 Å². The number of hydrogen-bond acceptors (Lipinski definition) is 4. The van der Waals surface area contributed by atoms with Crippen molar-refractivity contribution in [1.82, 2.24) is 15.3 Å². The van der Waals surface area contributed by atoms with E-state index in [9.17, 15) is 14.4 Å². The SMILES string of the molecule is O=C(O)c1ccnc(CNC(=O)c2cc[nH]c(=O)c2)c1. The Morgan fingerprint density at radius 1 is 1.25 bits per heavy atom. The second-order valence-electron chi connectivity index (χ2n) is 3.97. The minimum Gasteiger partial charge on any atom is -0.478 e. The van der Waals surface area contributed by atoms with Crippen LogP contribution in [-0.4, -0.2) is 27.0 Å². The molecule has 7 nitrogen and oxygen atoms in total. The first-order valence-corrected chi connectivity index (χ1v) is 5.71. The van der Waals surface area contributed by atoms with Gasteiger partial charge in [0.05, 0.1) is 17.8 Å². The molecule has 2 rings (SSSR count). The van der Waals surface area contributed by atoms with Crippen molar-refractivity contribution in [2.75, 3.05) is 0 Å². The number of aromatic amines is 1. The van der Waals surface area contributed by atoms with Gasteiger partial charge in [-0.3, -0.25) is 14.6 Å². The normalized spacial score (nSPS) is 10.0. The fourth-order valence-electron chi connectivity index (χ4n) is 1.57. The molecule has 0 radical (unpaired) electrons. The van der Waals surface area contributed by atoms with E-state index >= 15 is 0 Å². The zero-order chi connectivity index (χ0) is 14.5. The number of carboxylic acids is 1. The van der Waals surface area contributed by atoms with Crippen molar-refractivity contribution in [3.63, 3.8) is 0 Å². The van der Waals surface area contributed by atoms with E-state index in [0.717, 1.165) is 0 Å². The number of hydrogen-bond donors (Lipinski definition) is 3. The number of carbonyl (C=O) groups excluding carboxylic acids is 1. The van der Waals surface area contributed by atoms with Crippen LogP contribution >= 0.6 is 0 Å². The molecule has 0 spiro atoms. The van der Waals surface area contributed by atoms with Gasteiger partial charge in [-0.2, -0.15) is 0 Å². The maximum Gasteiger partial charge on any atom is 0.335 e. The van der Waals surface area contributed by atoms with Crippen molar-refractivity contribution in [2.45, 2.75) is 6.54 Å². The second kappa shape index (κ2) is 5.79. The summed E-state index contributed by atoms with van der Waals surface area (Å²) in [7, 11) is 0. The number of carbonyl (C=O) groups is 2. The molecule has 0 aromatic carbocycles. The Hall–Kier alpha value is -2.96. The summed E-state index contributed by atoms with van der Waals surface area (Å²) in [6.45, 7) is 0.0761. The van der Waals surface area contributed by atoms with Gasteiger partial charge < -0.3 is 15.4 Å². The van der Waals surface area contributed by atoms with Crippen LogP contribution in [0.5, 0.6) is 0 Å². The van der Waals surface area contributed by atoms with Crippen molar-refractivity contribution >= 4 is 11.9 Å². The lowest BCUT2D eigenvalue weighted by atomic mass is 10.2. The Balaban J connectivity index is 2.05. The van der Waals surface area contributed by atoms with E-state index in [1.165, 1.54) is 36.7 Å². The lowest BCUT2D eigenvalue weighted by Crippen LogP contribution is -2.24. The van der Waals surface area contributed by atoms with E-state index in [-0.39, 0.29) is 23.2 Å².